The van der Waals surface area contributed by atoms with Crippen molar-refractivity contribution in [2.75, 3.05) is 13.1 Å². The van der Waals surface area contributed by atoms with Gasteiger partial charge in [-0.15, -0.1) is 0 Å². The molecule has 2 heterocycles. The number of hydrogen-bond donors (Lipinski definition) is 1. The average Bonchev–Trinajstić information content (AvgIpc) is 2.80. The molecular formula is C10H12F3N3O. The summed E-state index contributed by atoms with van der Waals surface area (Å²) in [5, 5.41) is 0. The van der Waals surface area contributed by atoms with E-state index in [1.54, 1.807) is 0 Å². The normalized spacial score (nSPS) is 21.6. The van der Waals surface area contributed by atoms with Gasteiger partial charge in [0.15, 0.2) is 5.82 Å². The number of aromatic nitrogens is 2. The van der Waals surface area contributed by atoms with Gasteiger partial charge in [-0.3, -0.25) is 4.79 Å². The number of alkyl halides is 3. The molecule has 1 aliphatic heterocycles. The number of halogens is 3. The second-order valence-corrected chi connectivity index (χ2v) is 4.07. The Labute approximate surface area is 95.8 Å². The number of piperidine rings is 1. The molecule has 1 N–H and O–H groups in total. The Kier molecular flexibility index (Phi) is 3.08. The van der Waals surface area contributed by atoms with Gasteiger partial charge in [0.2, 0.25) is 0 Å². The summed E-state index contributed by atoms with van der Waals surface area (Å²) in [6, 6.07) is 0. The summed E-state index contributed by atoms with van der Waals surface area (Å²) >= 11 is 0. The number of imidazole rings is 1. The monoisotopic (exact) mass is 247 g/mol. The Bertz CT molecular complexity index is 388. The van der Waals surface area contributed by atoms with Crippen LogP contribution in [0.2, 0.25) is 0 Å². The van der Waals surface area contributed by atoms with Crippen LogP contribution in [0.4, 0.5) is 13.2 Å². The maximum atomic E-state index is 12.6. The molecule has 0 saturated carbocycles. The van der Waals surface area contributed by atoms with E-state index in [1.807, 2.05) is 0 Å². The maximum absolute atomic E-state index is 12.6. The molecule has 1 aliphatic rings. The van der Waals surface area contributed by atoms with Crippen LogP contribution in [0.5, 0.6) is 0 Å². The van der Waals surface area contributed by atoms with Gasteiger partial charge >= 0.3 is 6.18 Å². The Morgan fingerprint density at radius 1 is 1.53 bits per heavy atom. The lowest BCUT2D eigenvalue weighted by Crippen LogP contribution is -2.44. The van der Waals surface area contributed by atoms with E-state index in [2.05, 4.69) is 9.97 Å². The SMILES string of the molecule is O=C(c1ncc[nH]1)N1CCCC(C(F)(F)F)C1. The summed E-state index contributed by atoms with van der Waals surface area (Å²) in [4.78, 5) is 19.4. The van der Waals surface area contributed by atoms with E-state index in [0.717, 1.165) is 0 Å². The summed E-state index contributed by atoms with van der Waals surface area (Å²) in [6.07, 6.45) is -0.902. The van der Waals surface area contributed by atoms with Gasteiger partial charge in [0.1, 0.15) is 0 Å². The Morgan fingerprint density at radius 3 is 2.88 bits per heavy atom. The molecule has 1 aromatic rings. The fourth-order valence-corrected chi connectivity index (χ4v) is 1.96. The molecule has 1 saturated heterocycles. The number of amides is 1. The first-order chi connectivity index (χ1) is 7.98. The summed E-state index contributed by atoms with van der Waals surface area (Å²) in [7, 11) is 0. The largest absolute Gasteiger partial charge is 0.393 e. The van der Waals surface area contributed by atoms with Crippen LogP contribution >= 0.6 is 0 Å². The maximum Gasteiger partial charge on any atom is 0.393 e. The first kappa shape index (κ1) is 11.9. The highest BCUT2D eigenvalue weighted by atomic mass is 19.4. The lowest BCUT2D eigenvalue weighted by atomic mass is 9.97. The molecule has 4 nitrogen and oxygen atoms in total. The van der Waals surface area contributed by atoms with Crippen LogP contribution in [0, 0.1) is 5.92 Å². The minimum absolute atomic E-state index is 0.0887. The van der Waals surface area contributed by atoms with Crippen LogP contribution in [0.25, 0.3) is 0 Å². The fraction of sp³-hybridized carbons (Fsp3) is 0.600. The fourth-order valence-electron chi connectivity index (χ4n) is 1.96. The van der Waals surface area contributed by atoms with Gasteiger partial charge in [-0.25, -0.2) is 4.98 Å². The summed E-state index contributed by atoms with van der Waals surface area (Å²) in [5.41, 5.74) is 0. The highest BCUT2D eigenvalue weighted by molar-refractivity contribution is 5.90. The second kappa shape index (κ2) is 4.38. The molecule has 94 valence electrons. The van der Waals surface area contributed by atoms with Crippen molar-refractivity contribution < 1.29 is 18.0 Å². The molecule has 0 bridgehead atoms. The number of rotatable bonds is 1. The zero-order valence-electron chi connectivity index (χ0n) is 9.00. The third kappa shape index (κ3) is 2.59. The molecule has 2 rings (SSSR count). The van der Waals surface area contributed by atoms with Gasteiger partial charge < -0.3 is 9.88 Å². The summed E-state index contributed by atoms with van der Waals surface area (Å²) in [5.74, 6) is -1.80. The number of H-pyrrole nitrogens is 1. The van der Waals surface area contributed by atoms with Gasteiger partial charge in [-0.2, -0.15) is 13.2 Å². The molecule has 17 heavy (non-hydrogen) atoms. The number of aromatic amines is 1. The first-order valence-corrected chi connectivity index (χ1v) is 5.34. The van der Waals surface area contributed by atoms with Gasteiger partial charge in [-0.1, -0.05) is 0 Å². The number of carbonyl (C=O) groups excluding carboxylic acids is 1. The van der Waals surface area contributed by atoms with E-state index in [0.29, 0.717) is 13.0 Å². The van der Waals surface area contributed by atoms with Gasteiger partial charge in [-0.05, 0) is 12.8 Å². The van der Waals surface area contributed by atoms with Crippen LogP contribution in [-0.2, 0) is 0 Å². The third-order valence-corrected chi connectivity index (χ3v) is 2.87. The molecule has 0 spiro atoms. The minimum Gasteiger partial charge on any atom is -0.341 e. The second-order valence-electron chi connectivity index (χ2n) is 4.07. The van der Waals surface area contributed by atoms with E-state index in [4.69, 9.17) is 0 Å². The number of nitrogens with one attached hydrogen (secondary N) is 1. The average molecular weight is 247 g/mol. The summed E-state index contributed by atoms with van der Waals surface area (Å²) in [6.45, 7) is 0.0785. The highest BCUT2D eigenvalue weighted by Gasteiger charge is 2.42. The van der Waals surface area contributed by atoms with Crippen LogP contribution in [-0.4, -0.2) is 40.0 Å². The van der Waals surface area contributed by atoms with Crippen LogP contribution in [0.15, 0.2) is 12.4 Å². The van der Waals surface area contributed by atoms with Crippen molar-refractivity contribution in [2.45, 2.75) is 19.0 Å². The van der Waals surface area contributed by atoms with Crippen molar-refractivity contribution in [1.29, 1.82) is 0 Å². The molecule has 1 aromatic heterocycles. The van der Waals surface area contributed by atoms with Crippen molar-refractivity contribution in [2.24, 2.45) is 5.92 Å². The molecule has 0 radical (unpaired) electrons. The highest BCUT2D eigenvalue weighted by Crippen LogP contribution is 2.33. The van der Waals surface area contributed by atoms with E-state index < -0.39 is 18.0 Å². The predicted molar refractivity (Wildman–Crippen MR) is 53.3 cm³/mol. The Morgan fingerprint density at radius 2 is 2.29 bits per heavy atom. The van der Waals surface area contributed by atoms with Gasteiger partial charge in [0.05, 0.1) is 5.92 Å². The smallest absolute Gasteiger partial charge is 0.341 e. The van der Waals surface area contributed by atoms with E-state index in [9.17, 15) is 18.0 Å². The van der Waals surface area contributed by atoms with Crippen LogP contribution < -0.4 is 0 Å². The Hall–Kier alpha value is -1.53. The Balaban J connectivity index is 2.05. The molecule has 0 aromatic carbocycles. The number of hydrogen-bond acceptors (Lipinski definition) is 2. The third-order valence-electron chi connectivity index (χ3n) is 2.87. The predicted octanol–water partition coefficient (Wildman–Crippen LogP) is 1.82. The summed E-state index contributed by atoms with van der Waals surface area (Å²) < 4.78 is 37.7. The molecule has 0 aliphatic carbocycles. The molecule has 1 fully saturated rings. The van der Waals surface area contributed by atoms with Crippen molar-refractivity contribution in [3.05, 3.63) is 18.2 Å². The first-order valence-electron chi connectivity index (χ1n) is 5.34. The quantitative estimate of drug-likeness (QED) is 0.823. The lowest BCUT2D eigenvalue weighted by Gasteiger charge is -2.33. The topological polar surface area (TPSA) is 49.0 Å². The number of carbonyl (C=O) groups is 1. The lowest BCUT2D eigenvalue weighted by molar-refractivity contribution is -0.184. The zero-order chi connectivity index (χ0) is 12.5. The molecule has 1 unspecified atom stereocenters. The molecule has 1 atom stereocenters. The molecular weight excluding hydrogens is 235 g/mol. The van der Waals surface area contributed by atoms with Crippen LogP contribution in [0.3, 0.4) is 0 Å². The van der Waals surface area contributed by atoms with E-state index >= 15 is 0 Å². The molecule has 1 amide bonds. The number of likely N-dealkylation sites (tertiary alicyclic amines) is 1. The van der Waals surface area contributed by atoms with Crippen LogP contribution in [0.1, 0.15) is 23.5 Å². The van der Waals surface area contributed by atoms with Crippen molar-refractivity contribution >= 4 is 5.91 Å². The zero-order valence-corrected chi connectivity index (χ0v) is 9.00. The van der Waals surface area contributed by atoms with Crippen molar-refractivity contribution in [3.63, 3.8) is 0 Å². The van der Waals surface area contributed by atoms with E-state index in [1.165, 1.54) is 17.3 Å². The van der Waals surface area contributed by atoms with Crippen molar-refractivity contribution in [3.8, 4) is 0 Å². The minimum atomic E-state index is -4.23. The standard InChI is InChI=1S/C10H12F3N3O/c11-10(12,13)7-2-1-5-16(6-7)9(17)8-14-3-4-15-8/h3-4,7H,1-2,5-6H2,(H,14,15). The van der Waals surface area contributed by atoms with Gasteiger partial charge in [0, 0.05) is 25.5 Å². The molecule has 7 heteroatoms. The van der Waals surface area contributed by atoms with Gasteiger partial charge in [0.25, 0.3) is 5.91 Å². The number of nitrogens with zero attached hydrogens (tertiary/aromatic N) is 2. The van der Waals surface area contributed by atoms with Crippen molar-refractivity contribution in [1.82, 2.24) is 14.9 Å². The van der Waals surface area contributed by atoms with E-state index in [-0.39, 0.29) is 18.8 Å².